The fourth-order valence-electron chi connectivity index (χ4n) is 5.71. The molecule has 6 rings (SSSR count). The first-order chi connectivity index (χ1) is 17.5. The van der Waals surface area contributed by atoms with Gasteiger partial charge in [0.2, 0.25) is 11.8 Å². The van der Waals surface area contributed by atoms with E-state index in [0.717, 1.165) is 5.56 Å². The quantitative estimate of drug-likeness (QED) is 0.470. The number of methoxy groups -OCH3 is 1. The first-order valence-corrected chi connectivity index (χ1v) is 12.3. The molecule has 1 spiro atoms. The Morgan fingerprint density at radius 3 is 2.68 bits per heavy atom. The van der Waals surface area contributed by atoms with Gasteiger partial charge in [-0.15, -0.1) is 0 Å². The van der Waals surface area contributed by atoms with Gasteiger partial charge >= 0.3 is 5.97 Å². The van der Waals surface area contributed by atoms with E-state index in [2.05, 4.69) is 15.6 Å². The summed E-state index contributed by atoms with van der Waals surface area (Å²) >= 11 is 0. The number of oxazole rings is 1. The lowest BCUT2D eigenvalue weighted by Crippen LogP contribution is -2.41. The molecule has 9 heteroatoms. The van der Waals surface area contributed by atoms with Crippen molar-refractivity contribution in [2.45, 2.75) is 51.8 Å². The second-order valence-electron chi connectivity index (χ2n) is 11.1. The average Bonchev–Trinajstić information content (AvgIpc) is 3.49. The molecule has 3 aliphatic rings. The maximum Gasteiger partial charge on any atom is 0.360 e. The third-order valence-electron chi connectivity index (χ3n) is 7.57. The number of rotatable bonds is 1. The molecule has 0 aliphatic carbocycles. The number of nitrogens with zero attached hydrogens (tertiary/aromatic N) is 1. The smallest absolute Gasteiger partial charge is 0.360 e. The van der Waals surface area contributed by atoms with E-state index in [1.165, 1.54) is 19.2 Å². The average molecular weight is 506 g/mol. The van der Waals surface area contributed by atoms with Crippen LogP contribution in [0.2, 0.25) is 0 Å². The summed E-state index contributed by atoms with van der Waals surface area (Å²) in [7, 11) is 1.27. The highest BCUT2D eigenvalue weighted by molar-refractivity contribution is 5.90. The molecular formula is C28H28FN3O5. The second-order valence-corrected chi connectivity index (χ2v) is 11.1. The molecule has 0 saturated carbocycles. The van der Waals surface area contributed by atoms with Gasteiger partial charge in [0.25, 0.3) is 0 Å². The van der Waals surface area contributed by atoms with Crippen LogP contribution in [0, 0.1) is 17.2 Å². The molecular weight excluding hydrogens is 477 g/mol. The predicted molar refractivity (Wildman–Crippen MR) is 132 cm³/mol. The fourth-order valence-corrected chi connectivity index (χ4v) is 5.71. The molecule has 3 aliphatic heterocycles. The highest BCUT2D eigenvalue weighted by Gasteiger charge is 2.61. The molecule has 4 bridgehead atoms. The Hall–Kier alpha value is -3.88. The summed E-state index contributed by atoms with van der Waals surface area (Å²) in [4.78, 5) is 31.0. The monoisotopic (exact) mass is 505 g/mol. The first-order valence-electron chi connectivity index (χ1n) is 12.3. The van der Waals surface area contributed by atoms with Crippen LogP contribution in [0.25, 0.3) is 0 Å². The van der Waals surface area contributed by atoms with Crippen LogP contribution >= 0.6 is 0 Å². The minimum atomic E-state index is -1.22. The number of carbonyl (C=O) groups excluding carboxylic acids is 2. The number of esters is 1. The van der Waals surface area contributed by atoms with Crippen molar-refractivity contribution >= 4 is 17.6 Å². The Kier molecular flexibility index (Phi) is 4.96. The lowest BCUT2D eigenvalue weighted by Gasteiger charge is -2.31. The van der Waals surface area contributed by atoms with Crippen LogP contribution in [0.1, 0.15) is 72.6 Å². The maximum absolute atomic E-state index is 14.7. The van der Waals surface area contributed by atoms with Gasteiger partial charge in [0, 0.05) is 22.7 Å². The summed E-state index contributed by atoms with van der Waals surface area (Å²) < 4.78 is 32.7. The van der Waals surface area contributed by atoms with Gasteiger partial charge < -0.3 is 24.5 Å². The van der Waals surface area contributed by atoms with Gasteiger partial charge in [0.1, 0.15) is 23.0 Å². The number of aromatic nitrogens is 1. The Morgan fingerprint density at radius 1 is 1.16 bits per heavy atom. The zero-order valence-corrected chi connectivity index (χ0v) is 21.3. The molecule has 3 aromatic rings. The molecule has 2 N–H and O–H groups in total. The molecule has 4 heterocycles. The van der Waals surface area contributed by atoms with Crippen LogP contribution in [-0.2, 0) is 21.4 Å². The third kappa shape index (κ3) is 3.29. The molecule has 0 fully saturated rings. The van der Waals surface area contributed by atoms with Crippen LogP contribution in [0.5, 0.6) is 5.75 Å². The SMILES string of the molecule is COC(=O)c1nc2oc1[C@@]13c4cc(F)ccc4N[C@@H]1Oc1ccc(cc13)C[C@H](C)C(=O)N[C@H]2C(C)(C)C. The molecule has 2 aromatic carbocycles. The largest absolute Gasteiger partial charge is 0.469 e. The minimum Gasteiger partial charge on any atom is -0.469 e. The van der Waals surface area contributed by atoms with Crippen molar-refractivity contribution in [2.24, 2.45) is 11.3 Å². The lowest BCUT2D eigenvalue weighted by molar-refractivity contribution is -0.126. The van der Waals surface area contributed by atoms with Crippen molar-refractivity contribution in [3.05, 3.63) is 76.3 Å². The number of benzene rings is 2. The number of hydrogen-bond acceptors (Lipinski definition) is 7. The van der Waals surface area contributed by atoms with Crippen LogP contribution in [-0.4, -0.2) is 30.2 Å². The summed E-state index contributed by atoms with van der Waals surface area (Å²) in [6.07, 6.45) is -0.238. The number of carbonyl (C=O) groups is 2. The topological polar surface area (TPSA) is 103 Å². The zero-order chi connectivity index (χ0) is 26.3. The van der Waals surface area contributed by atoms with Crippen molar-refractivity contribution < 1.29 is 27.9 Å². The number of nitrogens with one attached hydrogen (secondary N) is 2. The summed E-state index contributed by atoms with van der Waals surface area (Å²) in [6, 6.07) is 9.53. The zero-order valence-electron chi connectivity index (χ0n) is 21.3. The molecule has 1 aromatic heterocycles. The standard InChI is InChI=1S/C28H28FN3O5/c1-13-10-14-6-9-19-17(11-14)28(16-12-15(29)7-8-18(16)30-26(28)36-19)22-20(25(34)35-5)31-24(37-22)21(27(2,3)4)32-23(13)33/h6-9,11-13,21,26,30H,10H2,1-5H3,(H,32,33)/t13-,21+,26+,28-/m0/s1. The fraction of sp³-hybridized carbons (Fsp3) is 0.393. The Bertz CT molecular complexity index is 1460. The summed E-state index contributed by atoms with van der Waals surface area (Å²) in [6.45, 7) is 7.74. The number of anilines is 1. The molecule has 0 radical (unpaired) electrons. The first kappa shape index (κ1) is 23.5. The van der Waals surface area contributed by atoms with Crippen LogP contribution in [0.3, 0.4) is 0 Å². The number of hydrogen-bond donors (Lipinski definition) is 2. The second kappa shape index (κ2) is 7.81. The Balaban J connectivity index is 1.73. The van der Waals surface area contributed by atoms with E-state index in [1.807, 2.05) is 45.9 Å². The molecule has 4 atom stereocenters. The van der Waals surface area contributed by atoms with Crippen molar-refractivity contribution in [1.29, 1.82) is 0 Å². The minimum absolute atomic E-state index is 0.0425. The molecule has 1 amide bonds. The molecule has 8 nitrogen and oxygen atoms in total. The van der Waals surface area contributed by atoms with Gasteiger partial charge in [-0.1, -0.05) is 39.8 Å². The highest BCUT2D eigenvalue weighted by atomic mass is 19.1. The number of ether oxygens (including phenoxy) is 2. The predicted octanol–water partition coefficient (Wildman–Crippen LogP) is 4.47. The van der Waals surface area contributed by atoms with E-state index in [-0.39, 0.29) is 29.2 Å². The van der Waals surface area contributed by atoms with E-state index < -0.39 is 34.9 Å². The van der Waals surface area contributed by atoms with Gasteiger partial charge in [-0.25, -0.2) is 14.2 Å². The van der Waals surface area contributed by atoms with Gasteiger partial charge in [-0.2, -0.15) is 0 Å². The van der Waals surface area contributed by atoms with Crippen molar-refractivity contribution in [2.75, 3.05) is 12.4 Å². The number of halogens is 1. The highest BCUT2D eigenvalue weighted by Crippen LogP contribution is 2.58. The number of fused-ring (bicyclic) bond motifs is 4. The normalized spacial score (nSPS) is 25.6. The third-order valence-corrected chi connectivity index (χ3v) is 7.57. The summed E-state index contributed by atoms with van der Waals surface area (Å²) in [5, 5.41) is 6.43. The van der Waals surface area contributed by atoms with E-state index in [0.29, 0.717) is 29.0 Å². The van der Waals surface area contributed by atoms with Crippen LogP contribution in [0.4, 0.5) is 10.1 Å². The van der Waals surface area contributed by atoms with E-state index in [4.69, 9.17) is 13.9 Å². The van der Waals surface area contributed by atoms with Gasteiger partial charge in [0.15, 0.2) is 17.7 Å². The molecule has 0 unspecified atom stereocenters. The van der Waals surface area contributed by atoms with Crippen LogP contribution in [0.15, 0.2) is 40.8 Å². The molecule has 37 heavy (non-hydrogen) atoms. The van der Waals surface area contributed by atoms with E-state index in [1.54, 1.807) is 6.07 Å². The number of amides is 1. The van der Waals surface area contributed by atoms with E-state index >= 15 is 0 Å². The van der Waals surface area contributed by atoms with Crippen molar-refractivity contribution in [3.63, 3.8) is 0 Å². The van der Waals surface area contributed by atoms with Gasteiger partial charge in [0.05, 0.1) is 7.11 Å². The summed E-state index contributed by atoms with van der Waals surface area (Å²) in [5.74, 6) is -0.701. The Labute approximate surface area is 213 Å². The van der Waals surface area contributed by atoms with Crippen molar-refractivity contribution in [3.8, 4) is 5.75 Å². The van der Waals surface area contributed by atoms with Gasteiger partial charge in [-0.05, 0) is 41.7 Å². The Morgan fingerprint density at radius 2 is 1.95 bits per heavy atom. The van der Waals surface area contributed by atoms with Crippen LogP contribution < -0.4 is 15.4 Å². The van der Waals surface area contributed by atoms with Gasteiger partial charge in [-0.3, -0.25) is 4.79 Å². The van der Waals surface area contributed by atoms with E-state index in [9.17, 15) is 14.0 Å². The molecule has 192 valence electrons. The van der Waals surface area contributed by atoms with Crippen molar-refractivity contribution in [1.82, 2.24) is 10.3 Å². The lowest BCUT2D eigenvalue weighted by atomic mass is 9.72. The molecule has 0 saturated heterocycles. The summed E-state index contributed by atoms with van der Waals surface area (Å²) in [5.41, 5.74) is 1.09. The maximum atomic E-state index is 14.7.